The molecular formula is C10H11F2N3. The van der Waals surface area contributed by atoms with Crippen LogP contribution in [0.1, 0.15) is 12.5 Å². The van der Waals surface area contributed by atoms with E-state index in [2.05, 4.69) is 5.32 Å². The van der Waals surface area contributed by atoms with Crippen LogP contribution >= 0.6 is 0 Å². The summed E-state index contributed by atoms with van der Waals surface area (Å²) in [6, 6.07) is 3.40. The summed E-state index contributed by atoms with van der Waals surface area (Å²) in [5.74, 6) is -1.57. The Morgan fingerprint density at radius 2 is 2.00 bits per heavy atom. The molecule has 15 heavy (non-hydrogen) atoms. The van der Waals surface area contributed by atoms with E-state index in [-0.39, 0.29) is 23.8 Å². The predicted octanol–water partition coefficient (Wildman–Crippen LogP) is 1.60. The molecule has 5 heteroatoms. The van der Waals surface area contributed by atoms with Crippen LogP contribution in [0.3, 0.4) is 0 Å². The molecule has 3 N–H and O–H groups in total. The third-order valence-electron chi connectivity index (χ3n) is 1.92. The number of nitrogens with zero attached hydrogens (tertiary/aromatic N) is 1. The van der Waals surface area contributed by atoms with Crippen molar-refractivity contribution in [3.63, 3.8) is 0 Å². The summed E-state index contributed by atoms with van der Waals surface area (Å²) in [4.78, 5) is 0. The van der Waals surface area contributed by atoms with Crippen molar-refractivity contribution in [2.75, 3.05) is 11.9 Å². The Hall–Kier alpha value is -1.67. The van der Waals surface area contributed by atoms with Gasteiger partial charge in [0.1, 0.15) is 5.69 Å². The fourth-order valence-electron chi connectivity index (χ4n) is 1.08. The average molecular weight is 211 g/mol. The second-order valence-electron chi connectivity index (χ2n) is 3.21. The Kier molecular flexibility index (Phi) is 3.58. The van der Waals surface area contributed by atoms with E-state index >= 15 is 0 Å². The summed E-state index contributed by atoms with van der Waals surface area (Å²) in [7, 11) is 0. The molecule has 0 saturated carbocycles. The van der Waals surface area contributed by atoms with Crippen molar-refractivity contribution in [2.45, 2.75) is 13.0 Å². The molecule has 0 aromatic heterocycles. The molecule has 1 unspecified atom stereocenters. The number of nitriles is 1. The van der Waals surface area contributed by atoms with Gasteiger partial charge in [-0.2, -0.15) is 5.26 Å². The molecule has 0 heterocycles. The molecule has 0 aliphatic carbocycles. The first-order chi connectivity index (χ1) is 7.08. The van der Waals surface area contributed by atoms with Gasteiger partial charge < -0.3 is 11.1 Å². The summed E-state index contributed by atoms with van der Waals surface area (Å²) in [6.07, 6.45) is 0. The minimum atomic E-state index is -0.785. The maximum atomic E-state index is 13.3. The van der Waals surface area contributed by atoms with Crippen molar-refractivity contribution in [1.82, 2.24) is 0 Å². The van der Waals surface area contributed by atoms with Gasteiger partial charge in [-0.3, -0.25) is 0 Å². The molecule has 1 atom stereocenters. The van der Waals surface area contributed by atoms with Gasteiger partial charge in [-0.05, 0) is 19.1 Å². The van der Waals surface area contributed by atoms with Crippen LogP contribution in [0.4, 0.5) is 14.5 Å². The van der Waals surface area contributed by atoms with Gasteiger partial charge in [-0.25, -0.2) is 8.78 Å². The molecule has 0 amide bonds. The first-order valence-electron chi connectivity index (χ1n) is 4.44. The Labute approximate surface area is 86.5 Å². The van der Waals surface area contributed by atoms with Crippen LogP contribution in [0, 0.1) is 23.0 Å². The van der Waals surface area contributed by atoms with E-state index in [0.29, 0.717) is 0 Å². The van der Waals surface area contributed by atoms with E-state index in [9.17, 15) is 8.78 Å². The van der Waals surface area contributed by atoms with Crippen LogP contribution in [0.15, 0.2) is 12.1 Å². The third kappa shape index (κ3) is 2.64. The first-order valence-corrected chi connectivity index (χ1v) is 4.44. The lowest BCUT2D eigenvalue weighted by atomic mass is 10.2. The van der Waals surface area contributed by atoms with Gasteiger partial charge in [-0.1, -0.05) is 0 Å². The molecule has 3 nitrogen and oxygen atoms in total. The van der Waals surface area contributed by atoms with E-state index in [0.717, 1.165) is 12.1 Å². The minimum absolute atomic E-state index is 0.0454. The van der Waals surface area contributed by atoms with Gasteiger partial charge in [0.25, 0.3) is 0 Å². The Morgan fingerprint density at radius 1 is 1.47 bits per heavy atom. The van der Waals surface area contributed by atoms with E-state index < -0.39 is 11.6 Å². The average Bonchev–Trinajstić information content (AvgIpc) is 2.22. The number of hydrogen-bond acceptors (Lipinski definition) is 3. The Balaban J connectivity index is 3.04. The predicted molar refractivity (Wildman–Crippen MR) is 53.2 cm³/mol. The molecule has 0 bridgehead atoms. The quantitative estimate of drug-likeness (QED) is 0.798. The van der Waals surface area contributed by atoms with Gasteiger partial charge in [-0.15, -0.1) is 0 Å². The molecular weight excluding hydrogens is 200 g/mol. The van der Waals surface area contributed by atoms with Crippen LogP contribution < -0.4 is 11.1 Å². The van der Waals surface area contributed by atoms with Gasteiger partial charge in [0.05, 0.1) is 11.6 Å². The van der Waals surface area contributed by atoms with Crippen LogP contribution in [0.5, 0.6) is 0 Å². The molecule has 0 radical (unpaired) electrons. The Morgan fingerprint density at radius 3 is 2.40 bits per heavy atom. The van der Waals surface area contributed by atoms with Gasteiger partial charge in [0.15, 0.2) is 11.6 Å². The molecule has 0 aliphatic rings. The van der Waals surface area contributed by atoms with Gasteiger partial charge in [0.2, 0.25) is 0 Å². The van der Waals surface area contributed by atoms with Crippen molar-refractivity contribution in [3.8, 4) is 6.07 Å². The number of rotatable bonds is 3. The van der Waals surface area contributed by atoms with Gasteiger partial charge >= 0.3 is 0 Å². The van der Waals surface area contributed by atoms with E-state index in [1.54, 1.807) is 13.0 Å². The highest BCUT2D eigenvalue weighted by molar-refractivity contribution is 5.50. The molecule has 1 aromatic rings. The summed E-state index contributed by atoms with van der Waals surface area (Å²) < 4.78 is 26.6. The summed E-state index contributed by atoms with van der Waals surface area (Å²) >= 11 is 0. The molecule has 0 spiro atoms. The number of hydrogen-bond donors (Lipinski definition) is 2. The lowest BCUT2D eigenvalue weighted by molar-refractivity contribution is 0.583. The summed E-state index contributed by atoms with van der Waals surface area (Å²) in [5, 5.41) is 11.1. The maximum absolute atomic E-state index is 13.3. The van der Waals surface area contributed by atoms with Crippen LogP contribution in [-0.2, 0) is 0 Å². The summed E-state index contributed by atoms with van der Waals surface area (Å²) in [5.41, 5.74) is 5.03. The van der Waals surface area contributed by atoms with Crippen LogP contribution in [-0.4, -0.2) is 12.6 Å². The molecule has 0 fully saturated rings. The molecule has 0 saturated heterocycles. The zero-order valence-electron chi connectivity index (χ0n) is 8.22. The van der Waals surface area contributed by atoms with E-state index in [4.69, 9.17) is 11.0 Å². The van der Waals surface area contributed by atoms with Crippen molar-refractivity contribution in [1.29, 1.82) is 5.26 Å². The third-order valence-corrected chi connectivity index (χ3v) is 1.92. The fourth-order valence-corrected chi connectivity index (χ4v) is 1.08. The Bertz CT molecular complexity index is 375. The lowest BCUT2D eigenvalue weighted by Gasteiger charge is -2.14. The number of anilines is 1. The normalized spacial score (nSPS) is 11.9. The fraction of sp³-hybridized carbons (Fsp3) is 0.300. The number of nitrogens with two attached hydrogens (primary N) is 1. The van der Waals surface area contributed by atoms with Crippen molar-refractivity contribution in [2.24, 2.45) is 5.73 Å². The van der Waals surface area contributed by atoms with Crippen molar-refractivity contribution in [3.05, 3.63) is 29.3 Å². The second-order valence-corrected chi connectivity index (χ2v) is 3.21. The highest BCUT2D eigenvalue weighted by Gasteiger charge is 2.12. The molecule has 1 rings (SSSR count). The number of nitrogens with one attached hydrogen (secondary N) is 1. The maximum Gasteiger partial charge on any atom is 0.150 e. The smallest absolute Gasteiger partial charge is 0.150 e. The highest BCUT2D eigenvalue weighted by atomic mass is 19.1. The summed E-state index contributed by atoms with van der Waals surface area (Å²) in [6.45, 7) is 1.97. The minimum Gasteiger partial charge on any atom is -0.377 e. The molecule has 0 aliphatic heterocycles. The zero-order chi connectivity index (χ0) is 11.4. The van der Waals surface area contributed by atoms with Crippen LogP contribution in [0.25, 0.3) is 0 Å². The van der Waals surface area contributed by atoms with Crippen LogP contribution in [0.2, 0.25) is 0 Å². The topological polar surface area (TPSA) is 61.8 Å². The SMILES string of the molecule is CC(CN)Nc1c(F)cc(C#N)cc1F. The van der Waals surface area contributed by atoms with Gasteiger partial charge in [0, 0.05) is 12.6 Å². The number of halogens is 2. The first kappa shape index (κ1) is 11.4. The highest BCUT2D eigenvalue weighted by Crippen LogP contribution is 2.21. The monoisotopic (exact) mass is 211 g/mol. The lowest BCUT2D eigenvalue weighted by Crippen LogP contribution is -2.26. The van der Waals surface area contributed by atoms with E-state index in [1.807, 2.05) is 0 Å². The zero-order valence-corrected chi connectivity index (χ0v) is 8.22. The molecule has 1 aromatic carbocycles. The van der Waals surface area contributed by atoms with E-state index in [1.165, 1.54) is 0 Å². The second kappa shape index (κ2) is 4.71. The molecule has 80 valence electrons. The standard InChI is InChI=1S/C10H11F2N3/c1-6(4-13)15-10-8(11)2-7(5-14)3-9(10)12/h2-3,6,15H,4,13H2,1H3. The number of benzene rings is 1. The largest absolute Gasteiger partial charge is 0.377 e. The van der Waals surface area contributed by atoms with Crippen molar-refractivity contribution >= 4 is 5.69 Å². The van der Waals surface area contributed by atoms with Crippen molar-refractivity contribution < 1.29 is 8.78 Å².